The molecule has 0 spiro atoms. The Kier molecular flexibility index (Phi) is 24.9. The van der Waals surface area contributed by atoms with Gasteiger partial charge >= 0.3 is 29.8 Å². The van der Waals surface area contributed by atoms with E-state index in [2.05, 4.69) is 5.32 Å². The first-order valence-electron chi connectivity index (χ1n) is 24.7. The summed E-state index contributed by atoms with van der Waals surface area (Å²) in [5.74, 6) is -7.19. The second-order valence-corrected chi connectivity index (χ2v) is 20.5. The number of carbonyl (C=O) groups excluding carboxylic acids is 7. The molecule has 8 atom stereocenters. The molecule has 2 N–H and O–H groups in total. The summed E-state index contributed by atoms with van der Waals surface area (Å²) in [6.45, 7) is 21.4. The Labute approximate surface area is 421 Å². The molecule has 0 saturated heterocycles. The quantitative estimate of drug-likeness (QED) is 0.0727. The molecule has 2 aromatic rings. The zero-order valence-electron chi connectivity index (χ0n) is 45.0. The molecular formula is C54H82N4O13. The number of carboxylic acid groups (broad SMARTS) is 1. The largest absolute Gasteiger partial charge is 0.479 e. The van der Waals surface area contributed by atoms with E-state index in [9.17, 15) is 43.5 Å². The van der Waals surface area contributed by atoms with Gasteiger partial charge in [0.25, 0.3) is 17.7 Å². The van der Waals surface area contributed by atoms with Gasteiger partial charge in [0.15, 0.2) is 24.4 Å². The molecule has 2 aromatic carbocycles. The van der Waals surface area contributed by atoms with E-state index in [1.807, 2.05) is 106 Å². The van der Waals surface area contributed by atoms with Crippen LogP contribution in [0.25, 0.3) is 0 Å². The number of likely N-dealkylation sites (N-methyl/N-ethyl adjacent to an activating group) is 4. The number of nitrogens with one attached hydrogen (secondary N) is 1. The standard InChI is InChI=1S/C54H82N4O13/c1-31(2)25-41(55-13)51(64)70-45(29-39-21-17-35(9)18-22-39)48(60)57(15)42(26-32(3)4)52(65)68-37(11)47(59)56(14)44(28-34(7)8)54(67)71-46(30-40-23-19-36(10)20-24-40)49(61)58(16)43(27-33(5)6)53(66)69-38(12)50(62)63/h17-24,31-34,37-38,41-46,55H,25-30H2,1-16H3,(H,62,63)/t37-,38-,41+,42+,43+,44+,45-,46-/m0/s1. The van der Waals surface area contributed by atoms with Crippen molar-refractivity contribution in [3.63, 3.8) is 0 Å². The van der Waals surface area contributed by atoms with E-state index in [0.29, 0.717) is 12.0 Å². The summed E-state index contributed by atoms with van der Waals surface area (Å²) in [5, 5.41) is 12.4. The first-order valence-corrected chi connectivity index (χ1v) is 24.7. The predicted molar refractivity (Wildman–Crippen MR) is 269 cm³/mol. The normalized spacial score (nSPS) is 14.9. The third kappa shape index (κ3) is 19.7. The van der Waals surface area contributed by atoms with Crippen molar-refractivity contribution < 1.29 is 62.4 Å². The Balaban J connectivity index is 2.48. The second-order valence-electron chi connectivity index (χ2n) is 20.5. The van der Waals surface area contributed by atoms with Crippen molar-refractivity contribution in [2.45, 2.75) is 170 Å². The zero-order chi connectivity index (χ0) is 54.0. The number of benzene rings is 2. The van der Waals surface area contributed by atoms with Crippen LogP contribution in [0.1, 0.15) is 117 Å². The van der Waals surface area contributed by atoms with Crippen LogP contribution in [0.3, 0.4) is 0 Å². The lowest BCUT2D eigenvalue weighted by Crippen LogP contribution is -2.53. The van der Waals surface area contributed by atoms with Crippen molar-refractivity contribution in [2.75, 3.05) is 28.2 Å². The molecule has 0 fully saturated rings. The summed E-state index contributed by atoms with van der Waals surface area (Å²) < 4.78 is 23.0. The predicted octanol–water partition coefficient (Wildman–Crippen LogP) is 6.11. The van der Waals surface area contributed by atoms with Gasteiger partial charge < -0.3 is 44.1 Å². The van der Waals surface area contributed by atoms with Gasteiger partial charge in [-0.15, -0.1) is 0 Å². The number of rotatable bonds is 28. The third-order valence-electron chi connectivity index (χ3n) is 12.1. The number of hydrogen-bond donors (Lipinski definition) is 2. The summed E-state index contributed by atoms with van der Waals surface area (Å²) in [6.07, 6.45) is -5.02. The fourth-order valence-corrected chi connectivity index (χ4v) is 7.86. The van der Waals surface area contributed by atoms with E-state index in [1.54, 1.807) is 19.2 Å². The molecule has 0 saturated carbocycles. The molecule has 0 aliphatic heterocycles. The third-order valence-corrected chi connectivity index (χ3v) is 12.1. The lowest BCUT2D eigenvalue weighted by molar-refractivity contribution is -0.174. The van der Waals surface area contributed by atoms with Crippen LogP contribution in [0.15, 0.2) is 48.5 Å². The van der Waals surface area contributed by atoms with Crippen LogP contribution in [0.5, 0.6) is 0 Å². The van der Waals surface area contributed by atoms with Crippen molar-refractivity contribution in [2.24, 2.45) is 23.7 Å². The van der Waals surface area contributed by atoms with E-state index >= 15 is 0 Å². The number of hydrogen-bond acceptors (Lipinski definition) is 13. The number of nitrogens with zero attached hydrogens (tertiary/aromatic N) is 3. The van der Waals surface area contributed by atoms with E-state index in [4.69, 9.17) is 18.9 Å². The molecule has 0 aliphatic rings. The van der Waals surface area contributed by atoms with Crippen LogP contribution >= 0.6 is 0 Å². The topological polar surface area (TPSA) is 215 Å². The monoisotopic (exact) mass is 995 g/mol. The average molecular weight is 995 g/mol. The number of carbonyl (C=O) groups is 8. The average Bonchev–Trinajstić information content (AvgIpc) is 3.29. The molecule has 17 heteroatoms. The molecule has 2 rings (SSSR count). The van der Waals surface area contributed by atoms with Crippen LogP contribution in [0.2, 0.25) is 0 Å². The van der Waals surface area contributed by atoms with Crippen molar-refractivity contribution in [1.29, 1.82) is 0 Å². The highest BCUT2D eigenvalue weighted by Gasteiger charge is 2.41. The highest BCUT2D eigenvalue weighted by atomic mass is 16.6. The van der Waals surface area contributed by atoms with Gasteiger partial charge in [-0.2, -0.15) is 0 Å². The van der Waals surface area contributed by atoms with E-state index in [-0.39, 0.29) is 55.8 Å². The molecule has 71 heavy (non-hydrogen) atoms. The number of esters is 4. The Hall–Kier alpha value is -5.84. The van der Waals surface area contributed by atoms with Crippen LogP contribution in [-0.2, 0) is 70.1 Å². The smallest absolute Gasteiger partial charge is 0.344 e. The number of carboxylic acids is 1. The Morgan fingerprint density at radius 3 is 1.10 bits per heavy atom. The molecule has 0 aliphatic carbocycles. The zero-order valence-corrected chi connectivity index (χ0v) is 45.0. The lowest BCUT2D eigenvalue weighted by atomic mass is 10.00. The molecule has 17 nitrogen and oxygen atoms in total. The lowest BCUT2D eigenvalue weighted by Gasteiger charge is -2.34. The van der Waals surface area contributed by atoms with Gasteiger partial charge in [0.2, 0.25) is 0 Å². The first kappa shape index (κ1) is 61.3. The molecule has 0 radical (unpaired) electrons. The molecule has 0 bridgehead atoms. The van der Waals surface area contributed by atoms with Crippen LogP contribution in [0, 0.1) is 37.5 Å². The van der Waals surface area contributed by atoms with E-state index < -0.39 is 96.2 Å². The van der Waals surface area contributed by atoms with Gasteiger partial charge in [-0.05, 0) is 95.2 Å². The minimum absolute atomic E-state index is 0.0364. The molecular weight excluding hydrogens is 913 g/mol. The summed E-state index contributed by atoms with van der Waals surface area (Å²) in [6, 6.07) is 10.3. The van der Waals surface area contributed by atoms with Crippen LogP contribution < -0.4 is 5.32 Å². The molecule has 0 heterocycles. The number of aryl methyl sites for hydroxylation is 2. The SMILES string of the molecule is CN[C@H](CC(C)C)C(=O)O[C@@H](Cc1ccc(C)cc1)C(=O)N(C)[C@H](CC(C)C)C(=O)O[C@@H](C)C(=O)N(C)[C@H](CC(C)C)C(=O)O[C@@H](Cc1ccc(C)cc1)C(=O)N(C)[C@H](CC(C)C)C(=O)O[C@@H](C)C(=O)O. The van der Waals surface area contributed by atoms with E-state index in [1.165, 1.54) is 39.9 Å². The van der Waals surface area contributed by atoms with Crippen molar-refractivity contribution >= 4 is 47.6 Å². The number of amides is 3. The van der Waals surface area contributed by atoms with Crippen LogP contribution in [-0.4, -0.2) is 144 Å². The number of ether oxygens (including phenoxy) is 4. The van der Waals surface area contributed by atoms with Gasteiger partial charge in [-0.25, -0.2) is 19.2 Å². The molecule has 0 unspecified atom stereocenters. The minimum Gasteiger partial charge on any atom is -0.479 e. The summed E-state index contributed by atoms with van der Waals surface area (Å²) in [4.78, 5) is 114. The van der Waals surface area contributed by atoms with Crippen LogP contribution in [0.4, 0.5) is 0 Å². The fraction of sp³-hybridized carbons (Fsp3) is 0.630. The van der Waals surface area contributed by atoms with Crippen molar-refractivity contribution in [3.8, 4) is 0 Å². The molecule has 0 aromatic heterocycles. The van der Waals surface area contributed by atoms with Crippen molar-refractivity contribution in [1.82, 2.24) is 20.0 Å². The second kappa shape index (κ2) is 28.9. The maximum absolute atomic E-state index is 14.4. The maximum atomic E-state index is 14.4. The Morgan fingerprint density at radius 1 is 0.465 bits per heavy atom. The first-order chi connectivity index (χ1) is 33.1. The summed E-state index contributed by atoms with van der Waals surface area (Å²) >= 11 is 0. The highest BCUT2D eigenvalue weighted by Crippen LogP contribution is 2.23. The highest BCUT2D eigenvalue weighted by molar-refractivity contribution is 5.93. The molecule has 396 valence electrons. The summed E-state index contributed by atoms with van der Waals surface area (Å²) in [5.41, 5.74) is 3.32. The van der Waals surface area contributed by atoms with Gasteiger partial charge in [0.1, 0.15) is 24.2 Å². The maximum Gasteiger partial charge on any atom is 0.344 e. The Bertz CT molecular complexity index is 2090. The molecule has 3 amide bonds. The van der Waals surface area contributed by atoms with Gasteiger partial charge in [-0.1, -0.05) is 115 Å². The minimum atomic E-state index is -1.50. The summed E-state index contributed by atoms with van der Waals surface area (Å²) in [7, 11) is 5.80. The van der Waals surface area contributed by atoms with E-state index in [0.717, 1.165) is 26.5 Å². The Morgan fingerprint density at radius 2 is 0.775 bits per heavy atom. The van der Waals surface area contributed by atoms with Gasteiger partial charge in [0.05, 0.1) is 0 Å². The van der Waals surface area contributed by atoms with Crippen molar-refractivity contribution in [3.05, 3.63) is 70.8 Å². The fourth-order valence-electron chi connectivity index (χ4n) is 7.86. The van der Waals surface area contributed by atoms with Gasteiger partial charge in [-0.3, -0.25) is 19.2 Å². The number of aliphatic carboxylic acids is 1. The van der Waals surface area contributed by atoms with Gasteiger partial charge in [0, 0.05) is 34.0 Å².